The lowest BCUT2D eigenvalue weighted by Gasteiger charge is -2.40. The smallest absolute Gasteiger partial charge is 0.0105 e. The summed E-state index contributed by atoms with van der Waals surface area (Å²) in [5.74, 6) is 2.47. The predicted molar refractivity (Wildman–Crippen MR) is 90.1 cm³/mol. The zero-order chi connectivity index (χ0) is 15.1. The third kappa shape index (κ3) is 5.73. The Morgan fingerprint density at radius 2 is 1.60 bits per heavy atom. The zero-order valence-electron chi connectivity index (χ0n) is 14.8. The Bertz CT molecular complexity index is 244. The van der Waals surface area contributed by atoms with Crippen LogP contribution in [0.3, 0.4) is 0 Å². The minimum Gasteiger partial charge on any atom is -0.316 e. The minimum absolute atomic E-state index is 0.679. The van der Waals surface area contributed by atoms with Gasteiger partial charge in [0.2, 0.25) is 0 Å². The Labute approximate surface area is 127 Å². The number of hydrogen-bond donors (Lipinski definition) is 1. The summed E-state index contributed by atoms with van der Waals surface area (Å²) < 4.78 is 0. The molecule has 2 nitrogen and oxygen atoms in total. The standard InChI is InChI=1S/C18H38N2/c1-7-17-8-10-18(11-9-17)20(6)16(5)15(4)13-19-12-14(2)3/h14-19H,7-13H2,1-6H3. The summed E-state index contributed by atoms with van der Waals surface area (Å²) in [7, 11) is 2.35. The second-order valence-corrected chi connectivity index (χ2v) is 7.52. The van der Waals surface area contributed by atoms with Crippen LogP contribution in [0.2, 0.25) is 0 Å². The Balaban J connectivity index is 2.32. The number of nitrogens with one attached hydrogen (secondary N) is 1. The number of hydrogen-bond acceptors (Lipinski definition) is 2. The van der Waals surface area contributed by atoms with Gasteiger partial charge < -0.3 is 10.2 Å². The van der Waals surface area contributed by atoms with E-state index in [4.69, 9.17) is 0 Å². The first-order chi connectivity index (χ1) is 9.45. The molecule has 0 bridgehead atoms. The van der Waals surface area contributed by atoms with Gasteiger partial charge in [0.05, 0.1) is 0 Å². The van der Waals surface area contributed by atoms with Gasteiger partial charge in [-0.25, -0.2) is 0 Å². The van der Waals surface area contributed by atoms with Crippen LogP contribution in [0.4, 0.5) is 0 Å². The molecule has 2 heteroatoms. The van der Waals surface area contributed by atoms with E-state index in [1.807, 2.05) is 0 Å². The predicted octanol–water partition coefficient (Wildman–Crippen LogP) is 4.16. The molecule has 2 atom stereocenters. The van der Waals surface area contributed by atoms with Crippen molar-refractivity contribution in [2.75, 3.05) is 20.1 Å². The van der Waals surface area contributed by atoms with Crippen LogP contribution >= 0.6 is 0 Å². The molecule has 20 heavy (non-hydrogen) atoms. The van der Waals surface area contributed by atoms with Crippen LogP contribution in [-0.2, 0) is 0 Å². The van der Waals surface area contributed by atoms with Crippen molar-refractivity contribution in [3.05, 3.63) is 0 Å². The third-order valence-corrected chi connectivity index (χ3v) is 5.45. The van der Waals surface area contributed by atoms with Gasteiger partial charge in [0.25, 0.3) is 0 Å². The molecule has 1 rings (SSSR count). The highest BCUT2D eigenvalue weighted by Crippen LogP contribution is 2.30. The van der Waals surface area contributed by atoms with Gasteiger partial charge in [0.15, 0.2) is 0 Å². The molecule has 1 aliphatic rings. The first-order valence-electron chi connectivity index (χ1n) is 8.88. The molecule has 0 radical (unpaired) electrons. The largest absolute Gasteiger partial charge is 0.316 e. The molecule has 120 valence electrons. The maximum absolute atomic E-state index is 3.61. The van der Waals surface area contributed by atoms with E-state index in [1.165, 1.54) is 32.1 Å². The SMILES string of the molecule is CCC1CCC(N(C)C(C)C(C)CNCC(C)C)CC1. The molecule has 0 aliphatic heterocycles. The quantitative estimate of drug-likeness (QED) is 0.719. The van der Waals surface area contributed by atoms with Gasteiger partial charge in [0.1, 0.15) is 0 Å². The van der Waals surface area contributed by atoms with Gasteiger partial charge in [-0.05, 0) is 70.5 Å². The Hall–Kier alpha value is -0.0800. The lowest BCUT2D eigenvalue weighted by Crippen LogP contribution is -2.46. The Kier molecular flexibility index (Phi) is 8.13. The monoisotopic (exact) mass is 282 g/mol. The molecule has 1 N–H and O–H groups in total. The van der Waals surface area contributed by atoms with Crippen molar-refractivity contribution in [3.8, 4) is 0 Å². The molecule has 1 aliphatic carbocycles. The van der Waals surface area contributed by atoms with Crippen molar-refractivity contribution in [3.63, 3.8) is 0 Å². The van der Waals surface area contributed by atoms with E-state index in [1.54, 1.807) is 0 Å². The van der Waals surface area contributed by atoms with E-state index in [0.717, 1.165) is 36.9 Å². The highest BCUT2D eigenvalue weighted by molar-refractivity contribution is 4.82. The second-order valence-electron chi connectivity index (χ2n) is 7.52. The van der Waals surface area contributed by atoms with E-state index >= 15 is 0 Å². The van der Waals surface area contributed by atoms with E-state index in [0.29, 0.717) is 6.04 Å². The van der Waals surface area contributed by atoms with Crippen LogP contribution in [0, 0.1) is 17.8 Å². The summed E-state index contributed by atoms with van der Waals surface area (Å²) in [6, 6.07) is 1.50. The number of nitrogens with zero attached hydrogens (tertiary/aromatic N) is 1. The van der Waals surface area contributed by atoms with Gasteiger partial charge in [-0.1, -0.05) is 34.1 Å². The molecule has 1 fully saturated rings. The van der Waals surface area contributed by atoms with Crippen LogP contribution in [0.15, 0.2) is 0 Å². The van der Waals surface area contributed by atoms with E-state index in [-0.39, 0.29) is 0 Å². The summed E-state index contributed by atoms with van der Waals surface area (Å²) in [5, 5.41) is 3.61. The molecule has 0 amide bonds. The zero-order valence-corrected chi connectivity index (χ0v) is 14.8. The van der Waals surface area contributed by atoms with Crippen molar-refractivity contribution in [2.24, 2.45) is 17.8 Å². The van der Waals surface area contributed by atoms with Crippen molar-refractivity contribution in [1.29, 1.82) is 0 Å². The average Bonchev–Trinajstić information content (AvgIpc) is 2.45. The summed E-state index contributed by atoms with van der Waals surface area (Å²) in [5.41, 5.74) is 0. The fourth-order valence-electron chi connectivity index (χ4n) is 3.46. The Morgan fingerprint density at radius 3 is 2.10 bits per heavy atom. The second kappa shape index (κ2) is 9.04. The summed E-state index contributed by atoms with van der Waals surface area (Å²) in [6.45, 7) is 14.0. The number of rotatable bonds is 8. The first-order valence-corrected chi connectivity index (χ1v) is 8.88. The molecule has 0 aromatic carbocycles. The topological polar surface area (TPSA) is 15.3 Å². The van der Waals surface area contributed by atoms with E-state index < -0.39 is 0 Å². The molecule has 0 heterocycles. The van der Waals surface area contributed by atoms with Crippen molar-refractivity contribution >= 4 is 0 Å². The van der Waals surface area contributed by atoms with Crippen LogP contribution in [0.5, 0.6) is 0 Å². The maximum Gasteiger partial charge on any atom is 0.0105 e. The molecular formula is C18H38N2. The lowest BCUT2D eigenvalue weighted by atomic mass is 9.83. The molecule has 0 spiro atoms. The first kappa shape index (κ1) is 18.0. The van der Waals surface area contributed by atoms with Crippen molar-refractivity contribution in [1.82, 2.24) is 10.2 Å². The molecule has 1 saturated carbocycles. The fraction of sp³-hybridized carbons (Fsp3) is 1.00. The highest BCUT2D eigenvalue weighted by Gasteiger charge is 2.27. The van der Waals surface area contributed by atoms with E-state index in [2.05, 4.69) is 51.9 Å². The normalized spacial score (nSPS) is 27.0. The molecule has 0 aromatic heterocycles. The fourth-order valence-corrected chi connectivity index (χ4v) is 3.46. The Morgan fingerprint density at radius 1 is 1.00 bits per heavy atom. The average molecular weight is 283 g/mol. The third-order valence-electron chi connectivity index (χ3n) is 5.45. The van der Waals surface area contributed by atoms with E-state index in [9.17, 15) is 0 Å². The molecule has 2 unspecified atom stereocenters. The van der Waals surface area contributed by atoms with Crippen LogP contribution in [0.1, 0.15) is 66.7 Å². The minimum atomic E-state index is 0.679. The molecule has 0 saturated heterocycles. The molecule has 0 aromatic rings. The van der Waals surface area contributed by atoms with Gasteiger partial charge in [-0.2, -0.15) is 0 Å². The maximum atomic E-state index is 3.61. The van der Waals surface area contributed by atoms with Gasteiger partial charge >= 0.3 is 0 Å². The molecular weight excluding hydrogens is 244 g/mol. The lowest BCUT2D eigenvalue weighted by molar-refractivity contribution is 0.0987. The van der Waals surface area contributed by atoms with Gasteiger partial charge in [-0.3, -0.25) is 0 Å². The van der Waals surface area contributed by atoms with Crippen molar-refractivity contribution < 1.29 is 0 Å². The van der Waals surface area contributed by atoms with Crippen LogP contribution < -0.4 is 5.32 Å². The van der Waals surface area contributed by atoms with Crippen molar-refractivity contribution in [2.45, 2.75) is 78.8 Å². The van der Waals surface area contributed by atoms with Gasteiger partial charge in [0, 0.05) is 12.1 Å². The van der Waals surface area contributed by atoms with Crippen LogP contribution in [0.25, 0.3) is 0 Å². The summed E-state index contributed by atoms with van der Waals surface area (Å²) >= 11 is 0. The summed E-state index contributed by atoms with van der Waals surface area (Å²) in [6.07, 6.45) is 7.08. The highest BCUT2D eigenvalue weighted by atomic mass is 15.2. The van der Waals surface area contributed by atoms with Gasteiger partial charge in [-0.15, -0.1) is 0 Å². The summed E-state index contributed by atoms with van der Waals surface area (Å²) in [4.78, 5) is 2.66. The van der Waals surface area contributed by atoms with Crippen LogP contribution in [-0.4, -0.2) is 37.1 Å².